The third kappa shape index (κ3) is 2.94. The monoisotopic (exact) mass is 280 g/mol. The Morgan fingerprint density at radius 3 is 2.40 bits per heavy atom. The van der Waals surface area contributed by atoms with E-state index in [0.717, 1.165) is 32.1 Å². The molecule has 2 rings (SSSR count). The van der Waals surface area contributed by atoms with Crippen LogP contribution in [0.5, 0.6) is 0 Å². The van der Waals surface area contributed by atoms with Gasteiger partial charge in [-0.25, -0.2) is 0 Å². The van der Waals surface area contributed by atoms with Crippen molar-refractivity contribution < 1.29 is 19.1 Å². The average Bonchev–Trinajstić information content (AvgIpc) is 2.39. The molecule has 1 saturated heterocycles. The summed E-state index contributed by atoms with van der Waals surface area (Å²) in [6.45, 7) is 4.03. The Morgan fingerprint density at radius 1 is 1.25 bits per heavy atom. The quantitative estimate of drug-likeness (QED) is 0.587. The molecule has 1 aliphatic carbocycles. The van der Waals surface area contributed by atoms with Gasteiger partial charge in [-0.15, -0.1) is 0 Å². The van der Waals surface area contributed by atoms with Gasteiger partial charge in [-0.3, -0.25) is 14.4 Å². The predicted molar refractivity (Wildman–Crippen MR) is 74.1 cm³/mol. The lowest BCUT2D eigenvalue weighted by Crippen LogP contribution is -2.51. The maximum Gasteiger partial charge on any atom is 0.324 e. The molecule has 1 atom stereocenters. The minimum Gasteiger partial charge on any atom is -0.458 e. The number of carbonyl (C=O) groups excluding carboxylic acids is 3. The van der Waals surface area contributed by atoms with E-state index in [1.54, 1.807) is 0 Å². The standard InChI is InChI=1S/C16H24O4/c1-3-5-12(17)14-13(18)10-16(20-15(14)19)8-6-11(4-2)7-9-16/h11,14H,3-10H2,1-2H3. The van der Waals surface area contributed by atoms with Crippen LogP contribution in [0, 0.1) is 11.8 Å². The first-order valence-corrected chi connectivity index (χ1v) is 7.79. The largest absolute Gasteiger partial charge is 0.458 e. The van der Waals surface area contributed by atoms with Gasteiger partial charge in [0, 0.05) is 12.8 Å². The van der Waals surface area contributed by atoms with E-state index in [-0.39, 0.29) is 24.4 Å². The summed E-state index contributed by atoms with van der Waals surface area (Å²) in [5.41, 5.74) is -0.608. The Kier molecular flexibility index (Phi) is 4.61. The average molecular weight is 280 g/mol. The van der Waals surface area contributed by atoms with Crippen molar-refractivity contribution >= 4 is 17.5 Å². The first-order chi connectivity index (χ1) is 9.51. The molecule has 2 aliphatic rings. The summed E-state index contributed by atoms with van der Waals surface area (Å²) in [5.74, 6) is -1.58. The van der Waals surface area contributed by atoms with Gasteiger partial charge in [0.05, 0.1) is 0 Å². The second-order valence-electron chi connectivity index (χ2n) is 6.25. The smallest absolute Gasteiger partial charge is 0.324 e. The normalized spacial score (nSPS) is 34.1. The van der Waals surface area contributed by atoms with Crippen LogP contribution in [-0.2, 0) is 19.1 Å². The molecule has 0 radical (unpaired) electrons. The Bertz CT molecular complexity index is 385. The molecule has 1 heterocycles. The lowest BCUT2D eigenvalue weighted by Gasteiger charge is -2.42. The number of Topliss-reactive ketones (excluding diaryl/α,β-unsaturated/α-hetero) is 2. The van der Waals surface area contributed by atoms with Crippen molar-refractivity contribution in [2.75, 3.05) is 0 Å². The zero-order valence-corrected chi connectivity index (χ0v) is 12.4. The van der Waals surface area contributed by atoms with E-state index in [1.165, 1.54) is 0 Å². The van der Waals surface area contributed by atoms with Gasteiger partial charge in [0.15, 0.2) is 17.5 Å². The Morgan fingerprint density at radius 2 is 1.90 bits per heavy atom. The van der Waals surface area contributed by atoms with E-state index in [9.17, 15) is 14.4 Å². The first-order valence-electron chi connectivity index (χ1n) is 7.79. The number of ether oxygens (including phenoxy) is 1. The molecule has 1 aliphatic heterocycles. The van der Waals surface area contributed by atoms with Crippen LogP contribution in [0.25, 0.3) is 0 Å². The first kappa shape index (κ1) is 15.2. The number of esters is 1. The molecule has 0 N–H and O–H groups in total. The number of hydrogen-bond donors (Lipinski definition) is 0. The highest BCUT2D eigenvalue weighted by molar-refractivity contribution is 6.18. The maximum atomic E-state index is 12.2. The molecule has 0 aromatic carbocycles. The van der Waals surface area contributed by atoms with E-state index >= 15 is 0 Å². The van der Waals surface area contributed by atoms with Gasteiger partial charge in [-0.05, 0) is 38.0 Å². The van der Waals surface area contributed by atoms with Gasteiger partial charge < -0.3 is 4.74 Å². The molecular weight excluding hydrogens is 256 g/mol. The van der Waals surface area contributed by atoms with Crippen molar-refractivity contribution in [2.45, 2.75) is 70.8 Å². The second kappa shape index (κ2) is 6.06. The minimum absolute atomic E-state index is 0.227. The Labute approximate surface area is 120 Å². The number of ketones is 2. The SMILES string of the molecule is CCCC(=O)C1C(=O)CC2(CCC(CC)CC2)OC1=O. The topological polar surface area (TPSA) is 60.4 Å². The van der Waals surface area contributed by atoms with Gasteiger partial charge in [-0.2, -0.15) is 0 Å². The Hall–Kier alpha value is -1.19. The fraction of sp³-hybridized carbons (Fsp3) is 0.812. The third-order valence-corrected chi connectivity index (χ3v) is 4.78. The summed E-state index contributed by atoms with van der Waals surface area (Å²) in [6.07, 6.45) is 5.82. The lowest BCUT2D eigenvalue weighted by atomic mass is 9.72. The summed E-state index contributed by atoms with van der Waals surface area (Å²) >= 11 is 0. The van der Waals surface area contributed by atoms with Crippen LogP contribution < -0.4 is 0 Å². The molecule has 112 valence electrons. The zero-order chi connectivity index (χ0) is 14.8. The van der Waals surface area contributed by atoms with Crippen molar-refractivity contribution in [1.82, 2.24) is 0 Å². The number of carbonyl (C=O) groups is 3. The van der Waals surface area contributed by atoms with E-state index < -0.39 is 17.5 Å². The van der Waals surface area contributed by atoms with E-state index in [0.29, 0.717) is 12.3 Å². The van der Waals surface area contributed by atoms with Crippen LogP contribution in [0.4, 0.5) is 0 Å². The van der Waals surface area contributed by atoms with Crippen LogP contribution in [0.15, 0.2) is 0 Å². The molecule has 20 heavy (non-hydrogen) atoms. The zero-order valence-electron chi connectivity index (χ0n) is 12.4. The molecule has 0 aromatic rings. The van der Waals surface area contributed by atoms with Crippen molar-refractivity contribution in [3.63, 3.8) is 0 Å². The molecule has 0 amide bonds. The highest BCUT2D eigenvalue weighted by Crippen LogP contribution is 2.42. The predicted octanol–water partition coefficient (Wildman–Crippen LogP) is 2.83. The third-order valence-electron chi connectivity index (χ3n) is 4.78. The Balaban J connectivity index is 2.05. The van der Waals surface area contributed by atoms with Crippen molar-refractivity contribution in [2.24, 2.45) is 11.8 Å². The molecule has 2 fully saturated rings. The van der Waals surface area contributed by atoms with E-state index in [2.05, 4.69) is 6.92 Å². The van der Waals surface area contributed by atoms with Gasteiger partial charge in [0.2, 0.25) is 0 Å². The van der Waals surface area contributed by atoms with Crippen molar-refractivity contribution in [1.29, 1.82) is 0 Å². The van der Waals surface area contributed by atoms with Crippen LogP contribution in [0.3, 0.4) is 0 Å². The van der Waals surface area contributed by atoms with E-state index in [1.807, 2.05) is 6.92 Å². The lowest BCUT2D eigenvalue weighted by molar-refractivity contribution is -0.183. The van der Waals surface area contributed by atoms with Crippen LogP contribution in [-0.4, -0.2) is 23.1 Å². The summed E-state index contributed by atoms with van der Waals surface area (Å²) in [4.78, 5) is 36.2. The summed E-state index contributed by atoms with van der Waals surface area (Å²) < 4.78 is 5.58. The van der Waals surface area contributed by atoms with E-state index in [4.69, 9.17) is 4.74 Å². The molecule has 4 heteroatoms. The molecular formula is C16H24O4. The molecule has 1 spiro atoms. The highest BCUT2D eigenvalue weighted by atomic mass is 16.6. The van der Waals surface area contributed by atoms with Gasteiger partial charge in [0.1, 0.15) is 5.60 Å². The summed E-state index contributed by atoms with van der Waals surface area (Å²) in [6, 6.07) is 0. The van der Waals surface area contributed by atoms with Gasteiger partial charge in [0.25, 0.3) is 0 Å². The minimum atomic E-state index is -1.15. The highest BCUT2D eigenvalue weighted by Gasteiger charge is 2.50. The summed E-state index contributed by atoms with van der Waals surface area (Å²) in [5, 5.41) is 0. The molecule has 4 nitrogen and oxygen atoms in total. The number of rotatable bonds is 4. The maximum absolute atomic E-state index is 12.2. The molecule has 0 bridgehead atoms. The summed E-state index contributed by atoms with van der Waals surface area (Å²) in [7, 11) is 0. The number of hydrogen-bond acceptors (Lipinski definition) is 4. The van der Waals surface area contributed by atoms with Crippen LogP contribution in [0.1, 0.15) is 65.2 Å². The second-order valence-corrected chi connectivity index (χ2v) is 6.25. The van der Waals surface area contributed by atoms with Crippen LogP contribution >= 0.6 is 0 Å². The fourth-order valence-electron chi connectivity index (χ4n) is 3.45. The molecule has 1 saturated carbocycles. The van der Waals surface area contributed by atoms with Gasteiger partial charge in [-0.1, -0.05) is 20.3 Å². The fourth-order valence-corrected chi connectivity index (χ4v) is 3.45. The molecule has 1 unspecified atom stereocenters. The van der Waals surface area contributed by atoms with Gasteiger partial charge >= 0.3 is 5.97 Å². The van der Waals surface area contributed by atoms with Crippen molar-refractivity contribution in [3.05, 3.63) is 0 Å². The van der Waals surface area contributed by atoms with Crippen LogP contribution in [0.2, 0.25) is 0 Å². The van der Waals surface area contributed by atoms with Crippen molar-refractivity contribution in [3.8, 4) is 0 Å². The molecule has 0 aromatic heterocycles.